The summed E-state index contributed by atoms with van der Waals surface area (Å²) in [5, 5.41) is 21.6. The van der Waals surface area contributed by atoms with Gasteiger partial charge in [0.15, 0.2) is 0 Å². The number of imide groups is 1. The number of benzene rings is 2. The Balaban J connectivity index is 1.57. The molecule has 0 radical (unpaired) electrons. The van der Waals surface area contributed by atoms with Gasteiger partial charge in [0.05, 0.1) is 34.0 Å². The Labute approximate surface area is 195 Å². The van der Waals surface area contributed by atoms with Crippen LogP contribution in [0.3, 0.4) is 0 Å². The van der Waals surface area contributed by atoms with Gasteiger partial charge in [-0.1, -0.05) is 12.1 Å². The average molecular weight is 481 g/mol. The van der Waals surface area contributed by atoms with Crippen molar-refractivity contribution >= 4 is 40.4 Å². The third kappa shape index (κ3) is 4.52. The fourth-order valence-electron chi connectivity index (χ4n) is 3.29. The number of nitro groups is 2. The molecule has 3 aromatic rings. The highest BCUT2D eigenvalue weighted by Crippen LogP contribution is 2.37. The summed E-state index contributed by atoms with van der Waals surface area (Å²) in [6, 6.07) is 12.9. The van der Waals surface area contributed by atoms with Crippen LogP contribution < -0.4 is 4.74 Å². The number of ether oxygens (including phenoxy) is 1. The molecule has 0 atom stereocenters. The summed E-state index contributed by atoms with van der Waals surface area (Å²) in [4.78, 5) is 47.3. The van der Waals surface area contributed by atoms with Gasteiger partial charge < -0.3 is 9.15 Å². The van der Waals surface area contributed by atoms with Crippen LogP contribution in [-0.2, 0) is 11.3 Å². The van der Waals surface area contributed by atoms with Crippen molar-refractivity contribution in [3.05, 3.63) is 91.1 Å². The van der Waals surface area contributed by atoms with Crippen molar-refractivity contribution in [3.8, 4) is 17.1 Å². The predicted molar refractivity (Wildman–Crippen MR) is 122 cm³/mol. The minimum atomic E-state index is -0.563. The maximum atomic E-state index is 12.8. The van der Waals surface area contributed by atoms with Crippen molar-refractivity contribution in [2.24, 2.45) is 0 Å². The normalized spacial score (nSPS) is 14.6. The number of furan rings is 1. The van der Waals surface area contributed by atoms with Gasteiger partial charge in [0.2, 0.25) is 0 Å². The number of carbonyl (C=O) groups excluding carboxylic acids is 2. The lowest BCUT2D eigenvalue weighted by Gasteiger charge is -2.12. The van der Waals surface area contributed by atoms with E-state index < -0.39 is 21.0 Å². The van der Waals surface area contributed by atoms with E-state index in [1.807, 2.05) is 0 Å². The Hall–Kier alpha value is -4.45. The van der Waals surface area contributed by atoms with Crippen LogP contribution in [0.25, 0.3) is 17.4 Å². The molecule has 1 saturated heterocycles. The molecular weight excluding hydrogens is 466 g/mol. The summed E-state index contributed by atoms with van der Waals surface area (Å²) in [5.74, 6) is 0.336. The van der Waals surface area contributed by atoms with Crippen LogP contribution >= 0.6 is 11.8 Å². The second-order valence-corrected chi connectivity index (χ2v) is 8.03. The SMILES string of the molecule is COc1ccc([N+](=O)[O-])cc1-c1ccc(/C=C2\SC(=O)N(Cc3cccc([N+](=O)[O-])c3)C2=O)o1. The van der Waals surface area contributed by atoms with Crippen LogP contribution in [0.4, 0.5) is 16.2 Å². The minimum Gasteiger partial charge on any atom is -0.496 e. The van der Waals surface area contributed by atoms with Crippen molar-refractivity contribution in [2.45, 2.75) is 6.54 Å². The molecule has 0 unspecified atom stereocenters. The van der Waals surface area contributed by atoms with Gasteiger partial charge in [-0.3, -0.25) is 34.7 Å². The number of hydrogen-bond acceptors (Lipinski definition) is 9. The Morgan fingerprint density at radius 3 is 2.47 bits per heavy atom. The first kappa shape index (κ1) is 22.7. The Bertz CT molecular complexity index is 1360. The highest BCUT2D eigenvalue weighted by Gasteiger charge is 2.35. The molecule has 0 aliphatic carbocycles. The highest BCUT2D eigenvalue weighted by atomic mass is 32.2. The molecule has 1 aliphatic rings. The van der Waals surface area contributed by atoms with E-state index in [0.29, 0.717) is 28.6 Å². The molecule has 0 N–H and O–H groups in total. The van der Waals surface area contributed by atoms with Crippen LogP contribution in [-0.4, -0.2) is 33.0 Å². The highest BCUT2D eigenvalue weighted by molar-refractivity contribution is 8.18. The molecule has 1 aromatic heterocycles. The van der Waals surface area contributed by atoms with E-state index in [4.69, 9.17) is 9.15 Å². The zero-order valence-electron chi connectivity index (χ0n) is 17.5. The number of non-ortho nitro benzene ring substituents is 2. The van der Waals surface area contributed by atoms with E-state index in [9.17, 15) is 29.8 Å². The van der Waals surface area contributed by atoms with Gasteiger partial charge in [-0.15, -0.1) is 0 Å². The van der Waals surface area contributed by atoms with Gasteiger partial charge in [0.1, 0.15) is 17.3 Å². The molecular formula is C22H15N3O8S. The van der Waals surface area contributed by atoms with Crippen LogP contribution in [0.5, 0.6) is 5.75 Å². The maximum absolute atomic E-state index is 12.8. The smallest absolute Gasteiger partial charge is 0.293 e. The number of rotatable bonds is 7. The topological polar surface area (TPSA) is 146 Å². The second kappa shape index (κ2) is 9.19. The van der Waals surface area contributed by atoms with E-state index in [0.717, 1.165) is 4.90 Å². The zero-order chi connectivity index (χ0) is 24.4. The third-order valence-electron chi connectivity index (χ3n) is 4.90. The van der Waals surface area contributed by atoms with Crippen LogP contribution in [0.2, 0.25) is 0 Å². The number of hydrogen-bond donors (Lipinski definition) is 0. The molecule has 0 spiro atoms. The lowest BCUT2D eigenvalue weighted by atomic mass is 10.1. The maximum Gasteiger partial charge on any atom is 0.293 e. The summed E-state index contributed by atoms with van der Waals surface area (Å²) in [6.07, 6.45) is 1.39. The van der Waals surface area contributed by atoms with Gasteiger partial charge in [0, 0.05) is 30.3 Å². The first-order chi connectivity index (χ1) is 16.3. The summed E-state index contributed by atoms with van der Waals surface area (Å²) in [5.41, 5.74) is 0.515. The largest absolute Gasteiger partial charge is 0.496 e. The molecule has 11 nitrogen and oxygen atoms in total. The fourth-order valence-corrected chi connectivity index (χ4v) is 4.11. The van der Waals surface area contributed by atoms with Crippen molar-refractivity contribution in [3.63, 3.8) is 0 Å². The molecule has 2 aromatic carbocycles. The Morgan fingerprint density at radius 1 is 1.03 bits per heavy atom. The number of nitro benzene ring substituents is 2. The molecule has 34 heavy (non-hydrogen) atoms. The summed E-state index contributed by atoms with van der Waals surface area (Å²) >= 11 is 0.716. The predicted octanol–water partition coefficient (Wildman–Crippen LogP) is 5.01. The quantitative estimate of drug-likeness (QED) is 0.258. The van der Waals surface area contributed by atoms with E-state index in [-0.39, 0.29) is 34.3 Å². The van der Waals surface area contributed by atoms with Crippen LogP contribution in [0.15, 0.2) is 63.9 Å². The average Bonchev–Trinajstić information content (AvgIpc) is 3.39. The minimum absolute atomic E-state index is 0.113. The van der Waals surface area contributed by atoms with Crippen molar-refractivity contribution in [2.75, 3.05) is 7.11 Å². The van der Waals surface area contributed by atoms with E-state index in [1.54, 1.807) is 18.2 Å². The fraction of sp³-hybridized carbons (Fsp3) is 0.0909. The van der Waals surface area contributed by atoms with Gasteiger partial charge in [-0.05, 0) is 35.5 Å². The first-order valence-electron chi connectivity index (χ1n) is 9.68. The summed E-state index contributed by atoms with van der Waals surface area (Å²) < 4.78 is 11.0. The summed E-state index contributed by atoms with van der Waals surface area (Å²) in [6.45, 7) is -0.113. The van der Waals surface area contributed by atoms with Gasteiger partial charge in [0.25, 0.3) is 22.5 Å². The number of nitrogens with zero attached hydrogens (tertiary/aromatic N) is 3. The van der Waals surface area contributed by atoms with Crippen molar-refractivity contribution < 1.29 is 28.6 Å². The molecule has 1 aliphatic heterocycles. The zero-order valence-corrected chi connectivity index (χ0v) is 18.3. The molecule has 172 valence electrons. The Morgan fingerprint density at radius 2 is 1.76 bits per heavy atom. The van der Waals surface area contributed by atoms with E-state index in [1.165, 1.54) is 49.6 Å². The third-order valence-corrected chi connectivity index (χ3v) is 5.80. The first-order valence-corrected chi connectivity index (χ1v) is 10.5. The van der Waals surface area contributed by atoms with Gasteiger partial charge >= 0.3 is 0 Å². The molecule has 2 amide bonds. The standard InChI is InChI=1S/C22H15N3O8S/c1-32-18-7-5-15(25(30)31)10-17(18)19-8-6-16(33-19)11-20-21(26)23(22(27)34-20)12-13-3-2-4-14(9-13)24(28)29/h2-11H,12H2,1H3/b20-11-. The number of thioether (sulfide) groups is 1. The van der Waals surface area contributed by atoms with E-state index >= 15 is 0 Å². The number of methoxy groups -OCH3 is 1. The molecule has 12 heteroatoms. The number of carbonyl (C=O) groups is 2. The summed E-state index contributed by atoms with van der Waals surface area (Å²) in [7, 11) is 1.42. The van der Waals surface area contributed by atoms with Crippen molar-refractivity contribution in [1.29, 1.82) is 0 Å². The molecule has 1 fully saturated rings. The molecule has 0 saturated carbocycles. The molecule has 4 rings (SSSR count). The monoisotopic (exact) mass is 481 g/mol. The van der Waals surface area contributed by atoms with Crippen LogP contribution in [0.1, 0.15) is 11.3 Å². The Kier molecular flexibility index (Phi) is 6.15. The molecule has 2 heterocycles. The second-order valence-electron chi connectivity index (χ2n) is 7.04. The van der Waals surface area contributed by atoms with Gasteiger partial charge in [-0.25, -0.2) is 0 Å². The number of amides is 2. The lowest BCUT2D eigenvalue weighted by molar-refractivity contribution is -0.385. The van der Waals surface area contributed by atoms with E-state index in [2.05, 4.69) is 0 Å². The lowest BCUT2D eigenvalue weighted by Crippen LogP contribution is -2.27. The van der Waals surface area contributed by atoms with Crippen LogP contribution in [0, 0.1) is 20.2 Å². The van der Waals surface area contributed by atoms with Crippen molar-refractivity contribution in [1.82, 2.24) is 4.90 Å². The van der Waals surface area contributed by atoms with Gasteiger partial charge in [-0.2, -0.15) is 0 Å². The molecule has 0 bridgehead atoms.